The van der Waals surface area contributed by atoms with Crippen LogP contribution in [0.15, 0.2) is 24.3 Å². The van der Waals surface area contributed by atoms with Crippen molar-refractivity contribution in [2.45, 2.75) is 25.9 Å². The average molecular weight is 327 g/mol. The van der Waals surface area contributed by atoms with Gasteiger partial charge in [0, 0.05) is 6.42 Å². The summed E-state index contributed by atoms with van der Waals surface area (Å²) in [5, 5.41) is 6.02. The summed E-state index contributed by atoms with van der Waals surface area (Å²) in [5.41, 5.74) is 0.610. The number of carbonyl (C=O) groups excluding carboxylic acids is 2. The number of carbonyl (C=O) groups is 2. The highest BCUT2D eigenvalue weighted by molar-refractivity contribution is 7.80. The minimum absolute atomic E-state index is 0.0630. The predicted octanol–water partition coefficient (Wildman–Crippen LogP) is 2.49. The van der Waals surface area contributed by atoms with Crippen LogP contribution in [0.4, 0.5) is 5.69 Å². The maximum atomic E-state index is 11.9. The quantitative estimate of drug-likeness (QED) is 0.660. The highest BCUT2D eigenvalue weighted by Gasteiger charge is 2.33. The third kappa shape index (κ3) is 4.41. The molecule has 1 saturated heterocycles. The first-order chi connectivity index (χ1) is 9.95. The second-order valence-electron chi connectivity index (χ2n) is 4.87. The molecule has 2 N–H and O–H groups in total. The van der Waals surface area contributed by atoms with Crippen LogP contribution < -0.4 is 10.6 Å². The van der Waals surface area contributed by atoms with E-state index in [9.17, 15) is 9.59 Å². The zero-order valence-corrected chi connectivity index (χ0v) is 13.0. The van der Waals surface area contributed by atoms with Crippen LogP contribution in [0, 0.1) is 5.92 Å². The van der Waals surface area contributed by atoms with Crippen molar-refractivity contribution < 1.29 is 14.3 Å². The van der Waals surface area contributed by atoms with Crippen LogP contribution in [0.25, 0.3) is 0 Å². The van der Waals surface area contributed by atoms with Crippen LogP contribution >= 0.6 is 23.8 Å². The van der Waals surface area contributed by atoms with Crippen LogP contribution in [0.3, 0.4) is 0 Å². The third-order valence-electron chi connectivity index (χ3n) is 3.07. The van der Waals surface area contributed by atoms with E-state index in [0.717, 1.165) is 0 Å². The molecule has 0 radical (unpaired) electrons. The summed E-state index contributed by atoms with van der Waals surface area (Å²) in [7, 11) is 0. The number of amides is 1. The monoisotopic (exact) mass is 326 g/mol. The van der Waals surface area contributed by atoms with Crippen molar-refractivity contribution in [2.75, 3.05) is 5.32 Å². The fourth-order valence-electron chi connectivity index (χ4n) is 2.12. The molecular formula is C14H15ClN2O3S. The summed E-state index contributed by atoms with van der Waals surface area (Å²) in [5.74, 6) is -1.05. The summed E-state index contributed by atoms with van der Waals surface area (Å²) in [6.07, 6.45) is 0.480. The molecule has 7 heteroatoms. The number of nitrogens with one attached hydrogen (secondary N) is 2. The van der Waals surface area contributed by atoms with Gasteiger partial charge in [0.05, 0.1) is 22.7 Å². The lowest BCUT2D eigenvalue weighted by Gasteiger charge is -2.11. The first-order valence-corrected chi connectivity index (χ1v) is 7.30. The summed E-state index contributed by atoms with van der Waals surface area (Å²) < 4.78 is 5.01. The molecule has 0 saturated carbocycles. The van der Waals surface area contributed by atoms with E-state index >= 15 is 0 Å². The Labute approximate surface area is 133 Å². The fraction of sp³-hybridized carbons (Fsp3) is 0.357. The molecule has 2 atom stereocenters. The molecule has 1 aromatic carbocycles. The highest BCUT2D eigenvalue weighted by Crippen LogP contribution is 2.23. The molecule has 1 fully saturated rings. The normalized spacial score (nSPS) is 20.8. The van der Waals surface area contributed by atoms with Gasteiger partial charge in [-0.3, -0.25) is 9.59 Å². The van der Waals surface area contributed by atoms with E-state index in [1.807, 2.05) is 0 Å². The first kappa shape index (κ1) is 15.7. The van der Waals surface area contributed by atoms with Crippen LogP contribution in [0.5, 0.6) is 0 Å². The highest BCUT2D eigenvalue weighted by atomic mass is 35.5. The standard InChI is InChI=1S/C14H15ClN2O3S/c1-8-6-9(13(19)20-8)7-12(18)17-14(21)16-11-5-3-2-4-10(11)15/h2-5,8-9H,6-7H2,1H3,(H2,16,17,18,21)/t8-,9-/m1/s1. The molecular weight excluding hydrogens is 312 g/mol. The Balaban J connectivity index is 1.84. The molecule has 112 valence electrons. The lowest BCUT2D eigenvalue weighted by molar-refractivity contribution is -0.145. The van der Waals surface area contributed by atoms with E-state index in [4.69, 9.17) is 28.6 Å². The number of para-hydroxylation sites is 1. The van der Waals surface area contributed by atoms with Gasteiger partial charge < -0.3 is 15.4 Å². The number of rotatable bonds is 3. The van der Waals surface area contributed by atoms with Crippen LogP contribution in [-0.2, 0) is 14.3 Å². The first-order valence-electron chi connectivity index (χ1n) is 6.51. The topological polar surface area (TPSA) is 67.4 Å². The lowest BCUT2D eigenvalue weighted by Crippen LogP contribution is -2.35. The van der Waals surface area contributed by atoms with Crippen molar-refractivity contribution in [3.8, 4) is 0 Å². The van der Waals surface area contributed by atoms with Gasteiger partial charge in [-0.25, -0.2) is 0 Å². The number of thiocarbonyl (C=S) groups is 1. The number of hydrogen-bond donors (Lipinski definition) is 2. The number of esters is 1. The van der Waals surface area contributed by atoms with Crippen LogP contribution in [-0.4, -0.2) is 23.1 Å². The second kappa shape index (κ2) is 6.87. The number of cyclic esters (lactones) is 1. The van der Waals surface area contributed by atoms with Gasteiger partial charge >= 0.3 is 5.97 Å². The van der Waals surface area contributed by atoms with Gasteiger partial charge in [-0.2, -0.15) is 0 Å². The van der Waals surface area contributed by atoms with Crippen molar-refractivity contribution in [1.29, 1.82) is 0 Å². The Morgan fingerprint density at radius 1 is 1.48 bits per heavy atom. The number of hydrogen-bond acceptors (Lipinski definition) is 4. The average Bonchev–Trinajstić information content (AvgIpc) is 2.70. The van der Waals surface area contributed by atoms with Crippen molar-refractivity contribution in [1.82, 2.24) is 5.32 Å². The molecule has 1 aromatic rings. The van der Waals surface area contributed by atoms with Crippen molar-refractivity contribution >= 4 is 46.5 Å². The minimum Gasteiger partial charge on any atom is -0.462 e. The summed E-state index contributed by atoms with van der Waals surface area (Å²) in [6.45, 7) is 1.80. The molecule has 0 unspecified atom stereocenters. The van der Waals surface area contributed by atoms with E-state index in [1.54, 1.807) is 31.2 Å². The van der Waals surface area contributed by atoms with E-state index in [2.05, 4.69) is 10.6 Å². The Kier molecular flexibility index (Phi) is 5.14. The third-order valence-corrected chi connectivity index (χ3v) is 3.61. The van der Waals surface area contributed by atoms with Gasteiger partial charge in [-0.1, -0.05) is 23.7 Å². The van der Waals surface area contributed by atoms with Gasteiger partial charge in [0.25, 0.3) is 0 Å². The Morgan fingerprint density at radius 3 is 2.81 bits per heavy atom. The van der Waals surface area contributed by atoms with Gasteiger partial charge in [0.15, 0.2) is 5.11 Å². The molecule has 1 aliphatic heterocycles. The number of ether oxygens (including phenoxy) is 1. The number of halogens is 1. The molecule has 21 heavy (non-hydrogen) atoms. The van der Waals surface area contributed by atoms with Crippen LogP contribution in [0.2, 0.25) is 5.02 Å². The zero-order chi connectivity index (χ0) is 15.4. The fourth-order valence-corrected chi connectivity index (χ4v) is 2.53. The van der Waals surface area contributed by atoms with Gasteiger partial charge in [-0.15, -0.1) is 0 Å². The lowest BCUT2D eigenvalue weighted by atomic mass is 10.0. The smallest absolute Gasteiger partial charge is 0.309 e. The molecule has 1 amide bonds. The molecule has 1 aliphatic rings. The van der Waals surface area contributed by atoms with Crippen molar-refractivity contribution in [3.05, 3.63) is 29.3 Å². The molecule has 0 bridgehead atoms. The summed E-state index contributed by atoms with van der Waals surface area (Å²) >= 11 is 11.0. The Hall–Kier alpha value is -1.66. The van der Waals surface area contributed by atoms with E-state index in [1.165, 1.54) is 0 Å². The second-order valence-corrected chi connectivity index (χ2v) is 5.68. The van der Waals surface area contributed by atoms with Gasteiger partial charge in [0.2, 0.25) is 5.91 Å². The Morgan fingerprint density at radius 2 is 2.19 bits per heavy atom. The van der Waals surface area contributed by atoms with Crippen LogP contribution in [0.1, 0.15) is 19.8 Å². The Bertz CT molecular complexity index is 579. The zero-order valence-electron chi connectivity index (χ0n) is 11.4. The maximum absolute atomic E-state index is 11.9. The van der Waals surface area contributed by atoms with Crippen molar-refractivity contribution in [2.24, 2.45) is 5.92 Å². The molecule has 2 rings (SSSR count). The predicted molar refractivity (Wildman–Crippen MR) is 84.1 cm³/mol. The minimum atomic E-state index is -0.400. The molecule has 0 spiro atoms. The molecule has 5 nitrogen and oxygen atoms in total. The van der Waals surface area contributed by atoms with E-state index in [-0.39, 0.29) is 29.5 Å². The largest absolute Gasteiger partial charge is 0.462 e. The van der Waals surface area contributed by atoms with Gasteiger partial charge in [-0.05, 0) is 37.7 Å². The van der Waals surface area contributed by atoms with Gasteiger partial charge in [0.1, 0.15) is 0 Å². The van der Waals surface area contributed by atoms with E-state index in [0.29, 0.717) is 17.1 Å². The molecule has 1 heterocycles. The maximum Gasteiger partial charge on any atom is 0.309 e. The number of benzene rings is 1. The van der Waals surface area contributed by atoms with E-state index < -0.39 is 5.92 Å². The SMILES string of the molecule is C[C@@H]1C[C@H](CC(=O)NC(=S)Nc2ccccc2Cl)C(=O)O1. The summed E-state index contributed by atoms with van der Waals surface area (Å²) in [6, 6.07) is 7.05. The number of anilines is 1. The van der Waals surface area contributed by atoms with Crippen molar-refractivity contribution in [3.63, 3.8) is 0 Å². The molecule has 0 aliphatic carbocycles. The summed E-state index contributed by atoms with van der Waals surface area (Å²) in [4.78, 5) is 23.3. The molecule has 0 aromatic heterocycles.